The second-order valence-electron chi connectivity index (χ2n) is 3.04. The fourth-order valence-electron chi connectivity index (χ4n) is 1.39. The number of nitrogens with two attached hydrogens (primary N) is 1. The number of aliphatic hydroxyl groups excluding tert-OH is 1. The molecule has 0 aliphatic heterocycles. The van der Waals surface area contributed by atoms with Crippen molar-refractivity contribution in [2.75, 3.05) is 18.9 Å². The van der Waals surface area contributed by atoms with Crippen LogP contribution in [0, 0.1) is 0 Å². The molecule has 0 aromatic carbocycles. The van der Waals surface area contributed by atoms with E-state index in [-0.39, 0.29) is 6.61 Å². The number of nitrogens with zero attached hydrogens (tertiary/aromatic N) is 3. The van der Waals surface area contributed by atoms with Crippen molar-refractivity contribution >= 4 is 11.3 Å². The van der Waals surface area contributed by atoms with Gasteiger partial charge in [0.2, 0.25) is 11.5 Å². The minimum atomic E-state index is 0.0175. The third-order valence-corrected chi connectivity index (χ3v) is 2.05. The van der Waals surface area contributed by atoms with Gasteiger partial charge >= 0.3 is 0 Å². The van der Waals surface area contributed by atoms with E-state index in [4.69, 9.17) is 15.6 Å². The number of hydrogen-bond donors (Lipinski definition) is 3. The molecule has 7 heteroatoms. The molecule has 15 heavy (non-hydrogen) atoms. The van der Waals surface area contributed by atoms with Crippen LogP contribution < -0.4 is 10.5 Å². The molecule has 0 unspecified atom stereocenters. The summed E-state index contributed by atoms with van der Waals surface area (Å²) in [5.41, 5.74) is 6.76. The van der Waals surface area contributed by atoms with E-state index in [2.05, 4.69) is 15.3 Å². The minimum absolute atomic E-state index is 0.0175. The Bertz CT molecular complexity index is 461. The number of hydrogen-bond acceptors (Lipinski definition) is 5. The van der Waals surface area contributed by atoms with Crippen LogP contribution in [-0.2, 0) is 6.42 Å². The van der Waals surface area contributed by atoms with Gasteiger partial charge in [-0.25, -0.2) is 4.52 Å². The molecule has 2 heterocycles. The van der Waals surface area contributed by atoms with Crippen LogP contribution in [0.15, 0.2) is 0 Å². The highest BCUT2D eigenvalue weighted by Crippen LogP contribution is 2.24. The summed E-state index contributed by atoms with van der Waals surface area (Å²) < 4.78 is 6.90. The number of aliphatic hydroxyl groups is 1. The first-order chi connectivity index (χ1) is 7.27. The summed E-state index contributed by atoms with van der Waals surface area (Å²) >= 11 is 0. The Kier molecular flexibility index (Phi) is 2.46. The largest absolute Gasteiger partial charge is 0.477 e. The molecule has 7 nitrogen and oxygen atoms in total. The smallest absolute Gasteiger partial charge is 0.234 e. The Morgan fingerprint density at radius 1 is 1.53 bits per heavy atom. The zero-order chi connectivity index (χ0) is 10.8. The lowest BCUT2D eigenvalue weighted by Gasteiger charge is -1.98. The van der Waals surface area contributed by atoms with Crippen molar-refractivity contribution in [1.29, 1.82) is 0 Å². The monoisotopic (exact) mass is 211 g/mol. The number of ether oxygens (including phenoxy) is 1. The lowest BCUT2D eigenvalue weighted by molar-refractivity contribution is 0.294. The first-order valence-electron chi connectivity index (χ1n) is 4.73. The summed E-state index contributed by atoms with van der Waals surface area (Å²) in [5.74, 6) is 1.12. The van der Waals surface area contributed by atoms with Crippen LogP contribution in [0.2, 0.25) is 0 Å². The molecule has 0 aliphatic carbocycles. The number of nitrogen functional groups attached to an aromatic ring is 1. The SMILES string of the molecule is CCOc1[nH]n2c(CCO)nnc2c1N. The highest BCUT2D eigenvalue weighted by atomic mass is 16.5. The van der Waals surface area contributed by atoms with E-state index in [1.807, 2.05) is 6.92 Å². The summed E-state index contributed by atoms with van der Waals surface area (Å²) in [6.45, 7) is 2.41. The maximum Gasteiger partial charge on any atom is 0.234 e. The van der Waals surface area contributed by atoms with Crippen LogP contribution in [0.25, 0.3) is 5.65 Å². The number of rotatable bonds is 4. The zero-order valence-corrected chi connectivity index (χ0v) is 8.40. The van der Waals surface area contributed by atoms with Crippen LogP contribution >= 0.6 is 0 Å². The third-order valence-electron chi connectivity index (χ3n) is 2.05. The number of nitrogens with one attached hydrogen (secondary N) is 1. The fraction of sp³-hybridized carbons (Fsp3) is 0.500. The van der Waals surface area contributed by atoms with Crippen LogP contribution in [-0.4, -0.2) is 38.1 Å². The molecule has 0 saturated heterocycles. The Labute approximate surface area is 85.8 Å². The Morgan fingerprint density at radius 2 is 2.33 bits per heavy atom. The van der Waals surface area contributed by atoms with E-state index in [1.165, 1.54) is 0 Å². The number of aromatic nitrogens is 4. The second-order valence-corrected chi connectivity index (χ2v) is 3.04. The van der Waals surface area contributed by atoms with E-state index in [0.717, 1.165) is 0 Å². The molecule has 0 saturated carbocycles. The van der Waals surface area contributed by atoms with Gasteiger partial charge < -0.3 is 15.6 Å². The summed E-state index contributed by atoms with van der Waals surface area (Å²) in [6, 6.07) is 0. The lowest BCUT2D eigenvalue weighted by Crippen LogP contribution is -2.00. The third kappa shape index (κ3) is 1.50. The Balaban J connectivity index is 2.46. The molecule has 2 rings (SSSR count). The molecule has 0 bridgehead atoms. The molecule has 2 aromatic heterocycles. The van der Waals surface area contributed by atoms with Gasteiger partial charge in [-0.3, -0.25) is 5.10 Å². The Morgan fingerprint density at radius 3 is 3.00 bits per heavy atom. The highest BCUT2D eigenvalue weighted by Gasteiger charge is 2.14. The fourth-order valence-corrected chi connectivity index (χ4v) is 1.39. The second kappa shape index (κ2) is 3.77. The average molecular weight is 211 g/mol. The zero-order valence-electron chi connectivity index (χ0n) is 8.40. The molecule has 0 aliphatic rings. The molecular formula is C8H13N5O2. The van der Waals surface area contributed by atoms with Crippen molar-refractivity contribution in [2.24, 2.45) is 0 Å². The van der Waals surface area contributed by atoms with Crippen molar-refractivity contribution in [3.05, 3.63) is 5.82 Å². The predicted octanol–water partition coefficient (Wildman–Crippen LogP) is -0.427. The standard InChI is InChI=1S/C8H13N5O2/c1-2-15-8-6(9)7-11-10-5(3-4-14)13(7)12-8/h12,14H,2-4,9H2,1H3. The van der Waals surface area contributed by atoms with Gasteiger partial charge in [0.05, 0.1) is 13.2 Å². The Hall–Kier alpha value is -1.76. The number of anilines is 1. The molecule has 0 fully saturated rings. The lowest BCUT2D eigenvalue weighted by atomic mass is 10.4. The van der Waals surface area contributed by atoms with E-state index in [0.29, 0.717) is 36.1 Å². The molecular weight excluding hydrogens is 198 g/mol. The molecule has 4 N–H and O–H groups in total. The summed E-state index contributed by atoms with van der Waals surface area (Å²) in [4.78, 5) is 0. The van der Waals surface area contributed by atoms with Crippen molar-refractivity contribution in [3.63, 3.8) is 0 Å². The predicted molar refractivity (Wildman–Crippen MR) is 53.7 cm³/mol. The average Bonchev–Trinajstić information content (AvgIpc) is 2.73. The van der Waals surface area contributed by atoms with Crippen LogP contribution in [0.3, 0.4) is 0 Å². The first-order valence-corrected chi connectivity index (χ1v) is 4.73. The van der Waals surface area contributed by atoms with Crippen molar-refractivity contribution in [2.45, 2.75) is 13.3 Å². The summed E-state index contributed by atoms with van der Waals surface area (Å²) in [6.07, 6.45) is 0.423. The number of aromatic amines is 1. The van der Waals surface area contributed by atoms with Gasteiger partial charge in [0.15, 0.2) is 5.82 Å². The van der Waals surface area contributed by atoms with E-state index in [1.54, 1.807) is 4.52 Å². The van der Waals surface area contributed by atoms with Gasteiger partial charge in [-0.1, -0.05) is 0 Å². The van der Waals surface area contributed by atoms with E-state index < -0.39 is 0 Å². The van der Waals surface area contributed by atoms with Gasteiger partial charge in [0.25, 0.3) is 0 Å². The van der Waals surface area contributed by atoms with Crippen LogP contribution in [0.1, 0.15) is 12.7 Å². The van der Waals surface area contributed by atoms with Gasteiger partial charge in [-0.2, -0.15) is 0 Å². The van der Waals surface area contributed by atoms with E-state index >= 15 is 0 Å². The van der Waals surface area contributed by atoms with Gasteiger partial charge in [-0.15, -0.1) is 10.2 Å². The van der Waals surface area contributed by atoms with E-state index in [9.17, 15) is 0 Å². The maximum atomic E-state index is 8.82. The first kappa shape index (κ1) is 9.78. The van der Waals surface area contributed by atoms with Crippen molar-refractivity contribution in [3.8, 4) is 5.88 Å². The summed E-state index contributed by atoms with van der Waals surface area (Å²) in [7, 11) is 0. The van der Waals surface area contributed by atoms with Gasteiger partial charge in [0, 0.05) is 6.42 Å². The quantitative estimate of drug-likeness (QED) is 0.637. The van der Waals surface area contributed by atoms with Gasteiger partial charge in [-0.05, 0) is 6.92 Å². The minimum Gasteiger partial charge on any atom is -0.477 e. The van der Waals surface area contributed by atoms with Crippen LogP contribution in [0.5, 0.6) is 5.88 Å². The molecule has 2 aromatic rings. The molecule has 0 spiro atoms. The number of H-pyrrole nitrogens is 1. The van der Waals surface area contributed by atoms with Crippen molar-refractivity contribution < 1.29 is 9.84 Å². The topological polar surface area (TPSA) is 101 Å². The highest BCUT2D eigenvalue weighted by molar-refractivity contribution is 5.70. The van der Waals surface area contributed by atoms with Crippen molar-refractivity contribution in [1.82, 2.24) is 19.8 Å². The van der Waals surface area contributed by atoms with Crippen LogP contribution in [0.4, 0.5) is 5.69 Å². The summed E-state index contributed by atoms with van der Waals surface area (Å²) in [5, 5.41) is 19.5. The normalized spacial score (nSPS) is 11.1. The molecule has 82 valence electrons. The molecule has 0 atom stereocenters. The maximum absolute atomic E-state index is 8.82. The number of fused-ring (bicyclic) bond motifs is 1. The van der Waals surface area contributed by atoms with Gasteiger partial charge in [0.1, 0.15) is 5.69 Å². The molecule has 0 amide bonds. The molecule has 0 radical (unpaired) electrons.